The van der Waals surface area contributed by atoms with Crippen LogP contribution in [0.3, 0.4) is 0 Å². The Hall–Kier alpha value is -2.77. The van der Waals surface area contributed by atoms with Gasteiger partial charge in [0.1, 0.15) is 11.5 Å². The van der Waals surface area contributed by atoms with E-state index in [2.05, 4.69) is 10.2 Å². The molecule has 2 aromatic carbocycles. The minimum Gasteiger partial charge on any atom is -0.497 e. The molecule has 1 aromatic heterocycles. The smallest absolute Gasteiger partial charge is 0.302 e. The largest absolute Gasteiger partial charge is 0.497 e. The number of carbonyl (C=O) groups is 1. The molecule has 0 bridgehead atoms. The number of rotatable bonds is 6. The Morgan fingerprint density at radius 3 is 2.62 bits per heavy atom. The molecule has 9 heteroatoms. The minimum absolute atomic E-state index is 0.0269. The molecule has 0 radical (unpaired) electrons. The molecular weight excluding hydrogens is 417 g/mol. The summed E-state index contributed by atoms with van der Waals surface area (Å²) in [4.78, 5) is 12.1. The number of azo groups is 1. The van der Waals surface area contributed by atoms with E-state index in [0.717, 1.165) is 5.52 Å². The molecule has 0 fully saturated rings. The Morgan fingerprint density at radius 2 is 1.97 bits per heavy atom. The van der Waals surface area contributed by atoms with Crippen LogP contribution in [0.1, 0.15) is 19.9 Å². The number of halogens is 2. The van der Waals surface area contributed by atoms with Crippen LogP contribution >= 0.6 is 23.2 Å². The van der Waals surface area contributed by atoms with Crippen LogP contribution in [0, 0.1) is 0 Å². The summed E-state index contributed by atoms with van der Waals surface area (Å²) in [6.45, 7) is 3.50. The van der Waals surface area contributed by atoms with E-state index >= 15 is 0 Å². The lowest BCUT2D eigenvalue weighted by Crippen LogP contribution is -2.08. The van der Waals surface area contributed by atoms with Crippen LogP contribution in [-0.4, -0.2) is 29.3 Å². The Bertz CT molecular complexity index is 1090. The van der Waals surface area contributed by atoms with Gasteiger partial charge in [0, 0.05) is 16.5 Å². The molecule has 0 aliphatic rings. The number of amides is 1. The Labute approximate surface area is 177 Å². The van der Waals surface area contributed by atoms with Crippen LogP contribution in [-0.2, 0) is 4.79 Å². The summed E-state index contributed by atoms with van der Waals surface area (Å²) in [7, 11) is 1.55. The Balaban J connectivity index is 1.85. The molecule has 3 aromatic rings. The van der Waals surface area contributed by atoms with Crippen molar-refractivity contribution < 1.29 is 19.4 Å². The standard InChI is InChI=1S/C20H19Cl2N3O4/c1-11(2)25-16-6-5-13(28-3)9-14(16)19(20(25)27)24-23-18(26)10-29-17-7-4-12(21)8-15(17)22/h4-9,11,27H,10H2,1-3H3. The maximum atomic E-state index is 12.1. The number of hydrogen-bond donors (Lipinski definition) is 1. The second-order valence-corrected chi connectivity index (χ2v) is 7.32. The van der Waals surface area contributed by atoms with Gasteiger partial charge in [0.25, 0.3) is 0 Å². The van der Waals surface area contributed by atoms with Crippen LogP contribution in [0.25, 0.3) is 10.9 Å². The zero-order valence-corrected chi connectivity index (χ0v) is 17.5. The number of benzene rings is 2. The fraction of sp³-hybridized carbons (Fsp3) is 0.250. The first-order valence-corrected chi connectivity index (χ1v) is 9.50. The van der Waals surface area contributed by atoms with E-state index in [1.165, 1.54) is 6.07 Å². The number of ether oxygens (including phenoxy) is 2. The van der Waals surface area contributed by atoms with Crippen molar-refractivity contribution in [2.45, 2.75) is 19.9 Å². The first kappa shape index (κ1) is 21.0. The predicted octanol–water partition coefficient (Wildman–Crippen LogP) is 5.93. The SMILES string of the molecule is COc1ccc2c(c1)c(N=NC(=O)COc1ccc(Cl)cc1Cl)c(O)n2C(C)C. The molecule has 0 saturated heterocycles. The van der Waals surface area contributed by atoms with E-state index in [1.54, 1.807) is 35.9 Å². The average Bonchev–Trinajstić information content (AvgIpc) is 2.96. The third kappa shape index (κ3) is 4.46. The van der Waals surface area contributed by atoms with Crippen molar-refractivity contribution in [2.75, 3.05) is 13.7 Å². The first-order valence-electron chi connectivity index (χ1n) is 8.75. The van der Waals surface area contributed by atoms with Crippen molar-refractivity contribution in [2.24, 2.45) is 10.2 Å². The molecule has 1 heterocycles. The molecule has 3 rings (SSSR count). The number of nitrogens with zero attached hydrogens (tertiary/aromatic N) is 3. The molecule has 0 saturated carbocycles. The van der Waals surface area contributed by atoms with Gasteiger partial charge in [0.15, 0.2) is 12.3 Å². The van der Waals surface area contributed by atoms with Gasteiger partial charge in [-0.3, -0.25) is 4.79 Å². The summed E-state index contributed by atoms with van der Waals surface area (Å²) in [5.74, 6) is 0.190. The van der Waals surface area contributed by atoms with Crippen LogP contribution in [0.2, 0.25) is 10.0 Å². The summed E-state index contributed by atoms with van der Waals surface area (Å²) in [6, 6.07) is 9.98. The van der Waals surface area contributed by atoms with Crippen molar-refractivity contribution in [3.8, 4) is 17.4 Å². The maximum Gasteiger partial charge on any atom is 0.302 e. The van der Waals surface area contributed by atoms with Gasteiger partial charge in [-0.15, -0.1) is 10.2 Å². The highest BCUT2D eigenvalue weighted by Crippen LogP contribution is 2.42. The number of methoxy groups -OCH3 is 1. The second-order valence-electron chi connectivity index (χ2n) is 6.48. The lowest BCUT2D eigenvalue weighted by Gasteiger charge is -2.10. The van der Waals surface area contributed by atoms with E-state index in [0.29, 0.717) is 21.9 Å². The molecular formula is C20H19Cl2N3O4. The molecule has 7 nitrogen and oxygen atoms in total. The number of aromatic hydroxyl groups is 1. The molecule has 152 valence electrons. The van der Waals surface area contributed by atoms with E-state index in [4.69, 9.17) is 32.7 Å². The van der Waals surface area contributed by atoms with Crippen LogP contribution < -0.4 is 9.47 Å². The summed E-state index contributed by atoms with van der Waals surface area (Å²) >= 11 is 11.8. The number of fused-ring (bicyclic) bond motifs is 1. The predicted molar refractivity (Wildman–Crippen MR) is 112 cm³/mol. The summed E-state index contributed by atoms with van der Waals surface area (Å²) in [5.41, 5.74) is 0.939. The maximum absolute atomic E-state index is 12.1. The lowest BCUT2D eigenvalue weighted by atomic mass is 10.2. The molecule has 0 aliphatic carbocycles. The molecule has 0 aliphatic heterocycles. The van der Waals surface area contributed by atoms with E-state index < -0.39 is 5.91 Å². The molecule has 29 heavy (non-hydrogen) atoms. The highest BCUT2D eigenvalue weighted by Gasteiger charge is 2.19. The molecule has 0 spiro atoms. The fourth-order valence-electron chi connectivity index (χ4n) is 2.88. The van der Waals surface area contributed by atoms with Crippen molar-refractivity contribution in [3.05, 3.63) is 46.4 Å². The highest BCUT2D eigenvalue weighted by molar-refractivity contribution is 6.35. The van der Waals surface area contributed by atoms with Gasteiger partial charge < -0.3 is 19.1 Å². The summed E-state index contributed by atoms with van der Waals surface area (Å²) in [5, 5.41) is 19.6. The third-order valence-electron chi connectivity index (χ3n) is 4.18. The van der Waals surface area contributed by atoms with Crippen molar-refractivity contribution in [1.82, 2.24) is 4.57 Å². The fourth-order valence-corrected chi connectivity index (χ4v) is 3.34. The zero-order valence-electron chi connectivity index (χ0n) is 16.0. The van der Waals surface area contributed by atoms with Gasteiger partial charge in [-0.05, 0) is 50.2 Å². The quantitative estimate of drug-likeness (QED) is 0.485. The van der Waals surface area contributed by atoms with Crippen LogP contribution in [0.15, 0.2) is 46.6 Å². The second kappa shape index (κ2) is 8.71. The summed E-state index contributed by atoms with van der Waals surface area (Å²) < 4.78 is 12.3. The Kier molecular flexibility index (Phi) is 6.30. The van der Waals surface area contributed by atoms with E-state index in [1.807, 2.05) is 19.9 Å². The summed E-state index contributed by atoms with van der Waals surface area (Å²) in [6.07, 6.45) is 0. The van der Waals surface area contributed by atoms with E-state index in [-0.39, 0.29) is 29.2 Å². The van der Waals surface area contributed by atoms with Crippen molar-refractivity contribution in [1.29, 1.82) is 0 Å². The zero-order chi connectivity index (χ0) is 21.1. The Morgan fingerprint density at radius 1 is 1.21 bits per heavy atom. The van der Waals surface area contributed by atoms with Gasteiger partial charge in [-0.25, -0.2) is 0 Å². The molecule has 0 atom stereocenters. The molecule has 1 amide bonds. The normalized spacial score (nSPS) is 11.5. The number of hydrogen-bond acceptors (Lipinski definition) is 5. The number of carbonyl (C=O) groups excluding carboxylic acids is 1. The van der Waals surface area contributed by atoms with Crippen LogP contribution in [0.5, 0.6) is 17.4 Å². The minimum atomic E-state index is -0.635. The highest BCUT2D eigenvalue weighted by atomic mass is 35.5. The van der Waals surface area contributed by atoms with Crippen LogP contribution in [0.4, 0.5) is 5.69 Å². The third-order valence-corrected chi connectivity index (χ3v) is 4.71. The van der Waals surface area contributed by atoms with Gasteiger partial charge in [0.2, 0.25) is 5.88 Å². The average molecular weight is 436 g/mol. The van der Waals surface area contributed by atoms with Gasteiger partial charge in [0.05, 0.1) is 17.6 Å². The van der Waals surface area contributed by atoms with Gasteiger partial charge in [-0.1, -0.05) is 23.2 Å². The van der Waals surface area contributed by atoms with E-state index in [9.17, 15) is 9.90 Å². The van der Waals surface area contributed by atoms with Gasteiger partial charge >= 0.3 is 5.91 Å². The molecule has 1 N–H and O–H groups in total. The van der Waals surface area contributed by atoms with Crippen molar-refractivity contribution >= 4 is 45.7 Å². The molecule has 0 unspecified atom stereocenters. The lowest BCUT2D eigenvalue weighted by molar-refractivity contribution is -0.120. The van der Waals surface area contributed by atoms with Crippen molar-refractivity contribution in [3.63, 3.8) is 0 Å². The monoisotopic (exact) mass is 435 g/mol. The number of aromatic nitrogens is 1. The first-order chi connectivity index (χ1) is 13.8. The topological polar surface area (TPSA) is 85.4 Å². The van der Waals surface area contributed by atoms with Gasteiger partial charge in [-0.2, -0.15) is 0 Å².